The van der Waals surface area contributed by atoms with Crippen LogP contribution in [0.2, 0.25) is 0 Å². The van der Waals surface area contributed by atoms with Gasteiger partial charge in [0.15, 0.2) is 0 Å². The Hall–Kier alpha value is -2.36. The molecule has 1 aliphatic rings. The van der Waals surface area contributed by atoms with Gasteiger partial charge >= 0.3 is 0 Å². The summed E-state index contributed by atoms with van der Waals surface area (Å²) in [6.45, 7) is 0.953. The van der Waals surface area contributed by atoms with Crippen molar-refractivity contribution in [1.29, 1.82) is 0 Å². The molecule has 4 nitrogen and oxygen atoms in total. The summed E-state index contributed by atoms with van der Waals surface area (Å²) in [6, 6.07) is 15.1. The third kappa shape index (κ3) is 2.17. The Morgan fingerprint density at radius 2 is 1.79 bits per heavy atom. The minimum Gasteiger partial charge on any atom is -0.341 e. The lowest BCUT2D eigenvalue weighted by Gasteiger charge is -2.31. The quantitative estimate of drug-likeness (QED) is 0.606. The lowest BCUT2D eigenvalue weighted by Crippen LogP contribution is -2.24. The third-order valence-corrected chi connectivity index (χ3v) is 3.48. The molecule has 0 atom stereocenters. The second-order valence-corrected chi connectivity index (χ2v) is 4.66. The number of benzene rings is 2. The van der Waals surface area contributed by atoms with Gasteiger partial charge in [0.1, 0.15) is 0 Å². The molecular weight excluding hydrogens is 240 g/mol. The Balaban J connectivity index is 1.97. The molecule has 0 unspecified atom stereocenters. The molecule has 0 bridgehead atoms. The van der Waals surface area contributed by atoms with Crippen LogP contribution in [0.25, 0.3) is 0 Å². The molecule has 0 aliphatic carbocycles. The highest BCUT2D eigenvalue weighted by Gasteiger charge is 2.18. The van der Waals surface area contributed by atoms with E-state index in [-0.39, 0.29) is 10.6 Å². The van der Waals surface area contributed by atoms with Crippen LogP contribution in [0.15, 0.2) is 48.5 Å². The zero-order chi connectivity index (χ0) is 13.2. The Morgan fingerprint density at radius 3 is 2.53 bits per heavy atom. The van der Waals surface area contributed by atoms with Gasteiger partial charge in [0.05, 0.1) is 4.92 Å². The van der Waals surface area contributed by atoms with E-state index >= 15 is 0 Å². The zero-order valence-electron chi connectivity index (χ0n) is 10.5. The van der Waals surface area contributed by atoms with E-state index in [0.29, 0.717) is 0 Å². The summed E-state index contributed by atoms with van der Waals surface area (Å²) in [5.74, 6) is 0. The zero-order valence-corrected chi connectivity index (χ0v) is 10.5. The van der Waals surface area contributed by atoms with E-state index in [0.717, 1.165) is 25.1 Å². The average molecular weight is 254 g/mol. The molecule has 1 heterocycles. The molecule has 3 rings (SSSR count). The van der Waals surface area contributed by atoms with Crippen LogP contribution in [-0.4, -0.2) is 11.5 Å². The Bertz CT molecular complexity index is 608. The van der Waals surface area contributed by atoms with E-state index in [1.54, 1.807) is 12.1 Å². The van der Waals surface area contributed by atoms with Crippen LogP contribution in [-0.2, 0) is 6.42 Å². The highest BCUT2D eigenvalue weighted by molar-refractivity contribution is 5.68. The van der Waals surface area contributed by atoms with Crippen LogP contribution in [0.4, 0.5) is 17.1 Å². The molecule has 0 saturated carbocycles. The summed E-state index contributed by atoms with van der Waals surface area (Å²) in [5, 5.41) is 10.7. The number of nitro groups is 1. The van der Waals surface area contributed by atoms with E-state index < -0.39 is 0 Å². The third-order valence-electron chi connectivity index (χ3n) is 3.48. The van der Waals surface area contributed by atoms with Crippen molar-refractivity contribution >= 4 is 17.1 Å². The molecule has 0 fully saturated rings. The summed E-state index contributed by atoms with van der Waals surface area (Å²) in [6.07, 6.45) is 2.20. The van der Waals surface area contributed by atoms with Gasteiger partial charge in [0.2, 0.25) is 0 Å². The van der Waals surface area contributed by atoms with Gasteiger partial charge in [-0.25, -0.2) is 0 Å². The summed E-state index contributed by atoms with van der Waals surface area (Å²) in [4.78, 5) is 12.5. The van der Waals surface area contributed by atoms with Gasteiger partial charge in [-0.3, -0.25) is 10.1 Å². The van der Waals surface area contributed by atoms with E-state index in [1.165, 1.54) is 11.3 Å². The number of rotatable bonds is 2. The maximum absolute atomic E-state index is 10.7. The highest BCUT2D eigenvalue weighted by atomic mass is 16.6. The van der Waals surface area contributed by atoms with E-state index in [1.807, 2.05) is 18.2 Å². The molecule has 0 radical (unpaired) electrons. The van der Waals surface area contributed by atoms with Crippen molar-refractivity contribution in [3.05, 3.63) is 64.2 Å². The standard InChI is InChI=1S/C15H14N2O2/c18-17(19)14-9-7-13(8-10-14)16-11-3-5-12-4-1-2-6-15(12)16/h1-2,4,6-10H,3,5,11H2. The van der Waals surface area contributed by atoms with Crippen molar-refractivity contribution in [2.45, 2.75) is 12.8 Å². The van der Waals surface area contributed by atoms with Gasteiger partial charge in [-0.05, 0) is 36.6 Å². The van der Waals surface area contributed by atoms with Gasteiger partial charge in [-0.1, -0.05) is 18.2 Å². The lowest BCUT2D eigenvalue weighted by molar-refractivity contribution is -0.384. The second kappa shape index (κ2) is 4.72. The molecule has 96 valence electrons. The summed E-state index contributed by atoms with van der Waals surface area (Å²) >= 11 is 0. The fourth-order valence-electron chi connectivity index (χ4n) is 2.56. The minimum absolute atomic E-state index is 0.133. The first-order valence-electron chi connectivity index (χ1n) is 6.35. The number of aryl methyl sites for hydroxylation is 1. The molecule has 2 aromatic carbocycles. The van der Waals surface area contributed by atoms with E-state index in [4.69, 9.17) is 0 Å². The van der Waals surface area contributed by atoms with Crippen LogP contribution >= 0.6 is 0 Å². The monoisotopic (exact) mass is 254 g/mol. The van der Waals surface area contributed by atoms with Crippen molar-refractivity contribution in [3.8, 4) is 0 Å². The smallest absolute Gasteiger partial charge is 0.269 e. The van der Waals surface area contributed by atoms with Crippen LogP contribution in [0.5, 0.6) is 0 Å². The SMILES string of the molecule is O=[N+]([O-])c1ccc(N2CCCc3ccccc32)cc1. The van der Waals surface area contributed by atoms with Crippen LogP contribution in [0.3, 0.4) is 0 Å². The lowest BCUT2D eigenvalue weighted by atomic mass is 10.0. The predicted molar refractivity (Wildman–Crippen MR) is 74.9 cm³/mol. The largest absolute Gasteiger partial charge is 0.341 e. The topological polar surface area (TPSA) is 46.4 Å². The molecule has 0 N–H and O–H groups in total. The maximum atomic E-state index is 10.7. The fraction of sp³-hybridized carbons (Fsp3) is 0.200. The number of anilines is 2. The first kappa shape index (κ1) is 11.7. The average Bonchev–Trinajstić information content (AvgIpc) is 2.47. The Kier molecular flexibility index (Phi) is 2.91. The van der Waals surface area contributed by atoms with E-state index in [2.05, 4.69) is 23.1 Å². The molecule has 1 aliphatic heterocycles. The van der Waals surface area contributed by atoms with Crippen molar-refractivity contribution in [1.82, 2.24) is 0 Å². The number of para-hydroxylation sites is 1. The van der Waals surface area contributed by atoms with Crippen LogP contribution in [0.1, 0.15) is 12.0 Å². The minimum atomic E-state index is -0.367. The van der Waals surface area contributed by atoms with E-state index in [9.17, 15) is 10.1 Å². The van der Waals surface area contributed by atoms with Gasteiger partial charge in [-0.15, -0.1) is 0 Å². The molecule has 0 spiro atoms. The van der Waals surface area contributed by atoms with Gasteiger partial charge in [0.25, 0.3) is 5.69 Å². The second-order valence-electron chi connectivity index (χ2n) is 4.66. The molecule has 2 aromatic rings. The summed E-state index contributed by atoms with van der Waals surface area (Å²) < 4.78 is 0. The first-order chi connectivity index (χ1) is 9.25. The molecule has 4 heteroatoms. The van der Waals surface area contributed by atoms with Crippen molar-refractivity contribution in [2.75, 3.05) is 11.4 Å². The van der Waals surface area contributed by atoms with Crippen LogP contribution in [0, 0.1) is 10.1 Å². The number of fused-ring (bicyclic) bond motifs is 1. The Morgan fingerprint density at radius 1 is 1.05 bits per heavy atom. The van der Waals surface area contributed by atoms with Crippen LogP contribution < -0.4 is 4.90 Å². The van der Waals surface area contributed by atoms with Crippen molar-refractivity contribution in [3.63, 3.8) is 0 Å². The molecule has 0 saturated heterocycles. The number of nitro benzene ring substituents is 1. The van der Waals surface area contributed by atoms with Crippen molar-refractivity contribution < 1.29 is 4.92 Å². The maximum Gasteiger partial charge on any atom is 0.269 e. The number of nitrogens with zero attached hydrogens (tertiary/aromatic N) is 2. The predicted octanol–water partition coefficient (Wildman–Crippen LogP) is 3.68. The number of hydrogen-bond acceptors (Lipinski definition) is 3. The molecule has 0 amide bonds. The molecular formula is C15H14N2O2. The fourth-order valence-corrected chi connectivity index (χ4v) is 2.56. The highest BCUT2D eigenvalue weighted by Crippen LogP contribution is 2.33. The molecule has 19 heavy (non-hydrogen) atoms. The summed E-state index contributed by atoms with van der Waals surface area (Å²) in [7, 11) is 0. The summed E-state index contributed by atoms with van der Waals surface area (Å²) in [5.41, 5.74) is 3.70. The van der Waals surface area contributed by atoms with Crippen molar-refractivity contribution in [2.24, 2.45) is 0 Å². The van der Waals surface area contributed by atoms with Gasteiger partial charge in [0, 0.05) is 30.1 Å². The first-order valence-corrected chi connectivity index (χ1v) is 6.35. The normalized spacial score (nSPS) is 14.0. The number of hydrogen-bond donors (Lipinski definition) is 0. The Labute approximate surface area is 111 Å². The van der Waals surface area contributed by atoms with Gasteiger partial charge in [-0.2, -0.15) is 0 Å². The number of non-ortho nitro benzene ring substituents is 1. The molecule has 0 aromatic heterocycles. The van der Waals surface area contributed by atoms with Gasteiger partial charge < -0.3 is 4.90 Å².